The van der Waals surface area contributed by atoms with Gasteiger partial charge in [0.15, 0.2) is 0 Å². The average Bonchev–Trinajstić information content (AvgIpc) is 2.26. The third-order valence-electron chi connectivity index (χ3n) is 2.01. The van der Waals surface area contributed by atoms with Crippen molar-refractivity contribution in [1.29, 1.82) is 0 Å². The number of hydrogen-bond donors (Lipinski definition) is 1. The number of hydrogen-bond acceptors (Lipinski definition) is 2. The van der Waals surface area contributed by atoms with Gasteiger partial charge in [-0.25, -0.2) is 4.39 Å². The predicted octanol–water partition coefficient (Wildman–Crippen LogP) is 2.02. The summed E-state index contributed by atoms with van der Waals surface area (Å²) in [6.07, 6.45) is 1.67. The van der Waals surface area contributed by atoms with Crippen molar-refractivity contribution >= 4 is 17.3 Å². The minimum absolute atomic E-state index is 0.0765. The lowest BCUT2D eigenvalue weighted by molar-refractivity contribution is 0.0977. The number of benzene rings is 1. The maximum Gasteiger partial charge on any atom is 0.295 e. The monoisotopic (exact) mass is 243 g/mol. The molecule has 1 rings (SSSR count). The standard InChI is InChI=1S/C11H14FNO2S/c1-2-3-8-16(15)13-11(14)9-6-4-5-7-10(9)12/h4-7H,2-3,8H2,1H3,(H,13,14)/t16-/m1/s1. The third kappa shape index (κ3) is 3.83. The van der Waals surface area contributed by atoms with Crippen LogP contribution in [0.25, 0.3) is 0 Å². The summed E-state index contributed by atoms with van der Waals surface area (Å²) in [5.74, 6) is -0.837. The molecular weight excluding hydrogens is 229 g/mol. The van der Waals surface area contributed by atoms with Crippen molar-refractivity contribution in [1.82, 2.24) is 4.72 Å². The zero-order chi connectivity index (χ0) is 12.0. The highest BCUT2D eigenvalue weighted by molar-refractivity contribution is 7.90. The summed E-state index contributed by atoms with van der Waals surface area (Å²) in [6.45, 7) is 1.97. The second-order valence-corrected chi connectivity index (χ2v) is 4.62. The molecule has 0 unspecified atom stereocenters. The molecule has 0 fully saturated rings. The summed E-state index contributed by atoms with van der Waals surface area (Å²) in [4.78, 5) is 11.5. The van der Waals surface area contributed by atoms with E-state index in [9.17, 15) is 13.7 Å². The Morgan fingerprint density at radius 3 is 2.81 bits per heavy atom. The average molecular weight is 243 g/mol. The van der Waals surface area contributed by atoms with Crippen LogP contribution in [0.15, 0.2) is 24.3 Å². The van der Waals surface area contributed by atoms with Crippen LogP contribution >= 0.6 is 0 Å². The van der Waals surface area contributed by atoms with E-state index >= 15 is 0 Å². The second-order valence-electron chi connectivity index (χ2n) is 3.31. The maximum absolute atomic E-state index is 13.2. The number of halogens is 1. The maximum atomic E-state index is 13.2. The first-order valence-corrected chi connectivity index (χ1v) is 6.41. The van der Waals surface area contributed by atoms with E-state index in [-0.39, 0.29) is 5.56 Å². The molecule has 0 aliphatic heterocycles. The van der Waals surface area contributed by atoms with Gasteiger partial charge in [0.1, 0.15) is 11.6 Å². The molecule has 0 aliphatic rings. The number of unbranched alkanes of at least 4 members (excludes halogenated alkanes) is 1. The lowest BCUT2D eigenvalue weighted by Crippen LogP contribution is -2.33. The van der Waals surface area contributed by atoms with Gasteiger partial charge >= 0.3 is 0 Å². The van der Waals surface area contributed by atoms with Crippen molar-refractivity contribution in [3.05, 3.63) is 35.6 Å². The molecule has 0 saturated carbocycles. The van der Waals surface area contributed by atoms with E-state index in [1.165, 1.54) is 18.2 Å². The zero-order valence-electron chi connectivity index (χ0n) is 9.03. The van der Waals surface area contributed by atoms with Crippen molar-refractivity contribution in [2.24, 2.45) is 0 Å². The van der Waals surface area contributed by atoms with Gasteiger partial charge in [-0.15, -0.1) is 0 Å². The van der Waals surface area contributed by atoms with Gasteiger partial charge in [0.25, 0.3) is 5.91 Å². The number of carbonyl (C=O) groups is 1. The van der Waals surface area contributed by atoms with Crippen molar-refractivity contribution in [2.75, 3.05) is 5.75 Å². The normalized spacial score (nSPS) is 12.2. The molecule has 0 radical (unpaired) electrons. The van der Waals surface area contributed by atoms with Crippen molar-refractivity contribution in [3.63, 3.8) is 0 Å². The fourth-order valence-electron chi connectivity index (χ4n) is 1.13. The molecule has 0 spiro atoms. The highest BCUT2D eigenvalue weighted by atomic mass is 32.2. The van der Waals surface area contributed by atoms with Crippen molar-refractivity contribution in [3.8, 4) is 0 Å². The highest BCUT2D eigenvalue weighted by Crippen LogP contribution is 2.06. The molecule has 16 heavy (non-hydrogen) atoms. The Morgan fingerprint density at radius 2 is 2.19 bits per heavy atom. The van der Waals surface area contributed by atoms with E-state index in [0.29, 0.717) is 5.75 Å². The first kappa shape index (κ1) is 13.0. The van der Waals surface area contributed by atoms with E-state index in [1.807, 2.05) is 6.92 Å². The van der Waals surface area contributed by atoms with Crippen LogP contribution in [-0.4, -0.2) is 16.2 Å². The second kappa shape index (κ2) is 6.50. The van der Waals surface area contributed by atoms with Crippen LogP contribution in [0.5, 0.6) is 0 Å². The van der Waals surface area contributed by atoms with E-state index < -0.39 is 23.1 Å². The Balaban J connectivity index is 2.56. The summed E-state index contributed by atoms with van der Waals surface area (Å²) in [6, 6.07) is 5.62. The number of carbonyl (C=O) groups excluding carboxylic acids is 1. The summed E-state index contributed by atoms with van der Waals surface area (Å²) in [5, 5.41) is 0. The van der Waals surface area contributed by atoms with Crippen molar-refractivity contribution in [2.45, 2.75) is 19.8 Å². The Bertz CT molecular complexity index is 360. The minimum Gasteiger partial charge on any atom is -0.593 e. The fraction of sp³-hybridized carbons (Fsp3) is 0.364. The first-order chi connectivity index (χ1) is 7.65. The van der Waals surface area contributed by atoms with Crippen LogP contribution in [-0.2, 0) is 11.4 Å². The first-order valence-electron chi connectivity index (χ1n) is 5.09. The van der Waals surface area contributed by atoms with Crippen LogP contribution in [0.3, 0.4) is 0 Å². The van der Waals surface area contributed by atoms with E-state index in [0.717, 1.165) is 12.8 Å². The molecule has 0 bridgehead atoms. The van der Waals surface area contributed by atoms with Gasteiger partial charge < -0.3 is 4.55 Å². The molecule has 5 heteroatoms. The van der Waals surface area contributed by atoms with E-state index in [1.54, 1.807) is 6.07 Å². The van der Waals surface area contributed by atoms with Gasteiger partial charge in [-0.05, 0) is 18.6 Å². The largest absolute Gasteiger partial charge is 0.593 e. The fourth-order valence-corrected chi connectivity index (χ4v) is 2.10. The lowest BCUT2D eigenvalue weighted by Gasteiger charge is -2.10. The molecule has 0 saturated heterocycles. The zero-order valence-corrected chi connectivity index (χ0v) is 9.85. The van der Waals surface area contributed by atoms with Gasteiger partial charge in [-0.3, -0.25) is 4.79 Å². The molecule has 1 N–H and O–H groups in total. The Labute approximate surface area is 97.4 Å². The predicted molar refractivity (Wildman–Crippen MR) is 61.8 cm³/mol. The molecule has 3 nitrogen and oxygen atoms in total. The van der Waals surface area contributed by atoms with Crippen LogP contribution in [0, 0.1) is 5.82 Å². The molecule has 0 aliphatic carbocycles. The number of nitrogens with one attached hydrogen (secondary N) is 1. The molecule has 88 valence electrons. The highest BCUT2D eigenvalue weighted by Gasteiger charge is 2.16. The molecule has 0 heterocycles. The van der Waals surface area contributed by atoms with Crippen LogP contribution in [0.4, 0.5) is 4.39 Å². The van der Waals surface area contributed by atoms with E-state index in [4.69, 9.17) is 0 Å². The van der Waals surface area contributed by atoms with E-state index in [2.05, 4.69) is 4.72 Å². The summed E-state index contributed by atoms with van der Waals surface area (Å²) < 4.78 is 26.8. The van der Waals surface area contributed by atoms with Gasteiger partial charge in [0, 0.05) is 0 Å². The lowest BCUT2D eigenvalue weighted by atomic mass is 10.2. The van der Waals surface area contributed by atoms with Crippen molar-refractivity contribution < 1.29 is 13.7 Å². The summed E-state index contributed by atoms with van der Waals surface area (Å²) >= 11 is -1.42. The molecular formula is C11H14FNO2S. The Hall–Kier alpha value is -1.07. The summed E-state index contributed by atoms with van der Waals surface area (Å²) in [5.41, 5.74) is -0.0765. The van der Waals surface area contributed by atoms with Gasteiger partial charge in [0.2, 0.25) is 0 Å². The van der Waals surface area contributed by atoms with Gasteiger partial charge in [-0.1, -0.05) is 25.5 Å². The van der Waals surface area contributed by atoms with Crippen LogP contribution < -0.4 is 4.72 Å². The minimum atomic E-state index is -1.42. The molecule has 0 aromatic heterocycles. The van der Waals surface area contributed by atoms with Crippen LogP contribution in [0.2, 0.25) is 0 Å². The molecule has 1 atom stereocenters. The smallest absolute Gasteiger partial charge is 0.295 e. The molecule has 1 aromatic rings. The quantitative estimate of drug-likeness (QED) is 0.804. The number of rotatable bonds is 5. The molecule has 1 aromatic carbocycles. The summed E-state index contributed by atoms with van der Waals surface area (Å²) in [7, 11) is 0. The Kier molecular flexibility index (Phi) is 5.28. The third-order valence-corrected chi connectivity index (χ3v) is 3.08. The van der Waals surface area contributed by atoms with Gasteiger partial charge in [0.05, 0.1) is 16.9 Å². The number of amides is 1. The van der Waals surface area contributed by atoms with Crippen LogP contribution in [0.1, 0.15) is 30.1 Å². The Morgan fingerprint density at radius 1 is 1.50 bits per heavy atom. The SMILES string of the molecule is CCCC[S@@+]([O-])NC(=O)c1ccccc1F. The molecule has 1 amide bonds. The topological polar surface area (TPSA) is 52.2 Å². The van der Waals surface area contributed by atoms with Gasteiger partial charge in [-0.2, -0.15) is 4.72 Å².